The van der Waals surface area contributed by atoms with Crippen LogP contribution in [-0.4, -0.2) is 56.4 Å². The van der Waals surface area contributed by atoms with Crippen molar-refractivity contribution in [1.29, 1.82) is 0 Å². The third-order valence-corrected chi connectivity index (χ3v) is 3.05. The van der Waals surface area contributed by atoms with E-state index in [1.165, 1.54) is 0 Å². The fourth-order valence-corrected chi connectivity index (χ4v) is 1.87. The summed E-state index contributed by atoms with van der Waals surface area (Å²) in [6.07, 6.45) is -5.96. The van der Waals surface area contributed by atoms with Crippen LogP contribution in [0.15, 0.2) is 18.2 Å². The Morgan fingerprint density at radius 3 is 2.41 bits per heavy atom. The Kier molecular flexibility index (Phi) is 4.51. The van der Waals surface area contributed by atoms with E-state index in [0.29, 0.717) is 6.07 Å². The van der Waals surface area contributed by atoms with Crippen LogP contribution in [0.3, 0.4) is 0 Å². The molecule has 0 amide bonds. The Morgan fingerprint density at radius 1 is 1.14 bits per heavy atom. The van der Waals surface area contributed by atoms with Gasteiger partial charge in [0.15, 0.2) is 0 Å². The lowest BCUT2D eigenvalue weighted by Gasteiger charge is -2.34. The number of aliphatic hydroxyl groups is 3. The minimum Gasteiger partial charge on any atom is -0.455 e. The van der Waals surface area contributed by atoms with Gasteiger partial charge in [-0.3, -0.25) is 20.2 Å². The fourth-order valence-electron chi connectivity index (χ4n) is 1.87. The summed E-state index contributed by atoms with van der Waals surface area (Å²) >= 11 is 0. The quantitative estimate of drug-likeness (QED) is 0.481. The molecule has 1 saturated heterocycles. The van der Waals surface area contributed by atoms with Crippen molar-refractivity contribution in [2.24, 2.45) is 0 Å². The monoisotopic (exact) mass is 316 g/mol. The van der Waals surface area contributed by atoms with Gasteiger partial charge in [-0.25, -0.2) is 0 Å². The summed E-state index contributed by atoms with van der Waals surface area (Å²) in [7, 11) is 0. The summed E-state index contributed by atoms with van der Waals surface area (Å²) in [5.41, 5.74) is -1.19. The molecular weight excluding hydrogens is 304 g/mol. The lowest BCUT2D eigenvalue weighted by Crippen LogP contribution is -2.54. The molecule has 0 aliphatic carbocycles. The van der Waals surface area contributed by atoms with Crippen LogP contribution in [0, 0.1) is 20.2 Å². The Balaban J connectivity index is 2.25. The molecule has 1 aromatic rings. The lowest BCUT2D eigenvalue weighted by molar-refractivity contribution is -0.395. The first-order valence-corrected chi connectivity index (χ1v) is 6.06. The number of nitro groups is 2. The molecule has 0 unspecified atom stereocenters. The number of hydrogen-bond acceptors (Lipinski definition) is 9. The summed E-state index contributed by atoms with van der Waals surface area (Å²) in [4.78, 5) is 19.9. The number of nitro benzene ring substituents is 2. The Morgan fingerprint density at radius 2 is 1.82 bits per heavy atom. The van der Waals surface area contributed by atoms with E-state index in [0.717, 1.165) is 12.1 Å². The standard InChI is InChI=1S/C11H12N2O9/c14-7-4-21-11(10(16)9(7)15)22-8-2-1-5(12(17)18)3-6(8)13(19)20/h1-3,7,9-11,14-16H,4H2/t7-,9-,10+,11-/m0/s1. The second-order valence-corrected chi connectivity index (χ2v) is 4.53. The number of aliphatic hydroxyl groups excluding tert-OH is 3. The molecule has 0 radical (unpaired) electrons. The van der Waals surface area contributed by atoms with Crippen LogP contribution in [-0.2, 0) is 4.74 Å². The van der Waals surface area contributed by atoms with E-state index in [1.807, 2.05) is 0 Å². The second kappa shape index (κ2) is 6.19. The number of hydrogen-bond donors (Lipinski definition) is 3. The average Bonchev–Trinajstić information content (AvgIpc) is 2.47. The van der Waals surface area contributed by atoms with Gasteiger partial charge in [0.1, 0.15) is 18.3 Å². The third-order valence-electron chi connectivity index (χ3n) is 3.05. The zero-order valence-electron chi connectivity index (χ0n) is 10.9. The molecule has 22 heavy (non-hydrogen) atoms. The van der Waals surface area contributed by atoms with Gasteiger partial charge in [0.05, 0.1) is 22.5 Å². The van der Waals surface area contributed by atoms with Gasteiger partial charge in [-0.1, -0.05) is 0 Å². The summed E-state index contributed by atoms with van der Waals surface area (Å²) in [6, 6.07) is 2.68. The first-order valence-electron chi connectivity index (χ1n) is 6.06. The highest BCUT2D eigenvalue weighted by Crippen LogP contribution is 2.33. The summed E-state index contributed by atoms with van der Waals surface area (Å²) in [6.45, 7) is -0.344. The molecule has 2 rings (SSSR count). The largest absolute Gasteiger partial charge is 0.455 e. The van der Waals surface area contributed by atoms with Crippen LogP contribution >= 0.6 is 0 Å². The van der Waals surface area contributed by atoms with Crippen LogP contribution < -0.4 is 4.74 Å². The average molecular weight is 316 g/mol. The Bertz CT molecular complexity index is 593. The van der Waals surface area contributed by atoms with Gasteiger partial charge in [-0.2, -0.15) is 0 Å². The van der Waals surface area contributed by atoms with E-state index in [1.54, 1.807) is 0 Å². The Hall–Kier alpha value is -2.34. The number of benzene rings is 1. The maximum Gasteiger partial charge on any atom is 0.317 e. The molecule has 0 spiro atoms. The zero-order valence-corrected chi connectivity index (χ0v) is 10.9. The molecule has 11 heteroatoms. The number of nitrogens with zero attached hydrogens (tertiary/aromatic N) is 2. The molecule has 120 valence electrons. The van der Waals surface area contributed by atoms with Gasteiger partial charge in [0, 0.05) is 6.07 Å². The van der Waals surface area contributed by atoms with Crippen molar-refractivity contribution in [3.05, 3.63) is 38.4 Å². The number of rotatable bonds is 4. The van der Waals surface area contributed by atoms with Crippen molar-refractivity contribution in [2.75, 3.05) is 6.61 Å². The second-order valence-electron chi connectivity index (χ2n) is 4.53. The van der Waals surface area contributed by atoms with Crippen LogP contribution in [0.2, 0.25) is 0 Å². The first-order chi connectivity index (χ1) is 10.3. The zero-order chi connectivity index (χ0) is 16.4. The van der Waals surface area contributed by atoms with E-state index in [4.69, 9.17) is 9.47 Å². The van der Waals surface area contributed by atoms with Crippen LogP contribution in [0.5, 0.6) is 5.75 Å². The Labute approximate surface area is 122 Å². The minimum atomic E-state index is -1.64. The lowest BCUT2D eigenvalue weighted by atomic mass is 10.1. The molecule has 1 aliphatic heterocycles. The molecule has 1 aromatic carbocycles. The smallest absolute Gasteiger partial charge is 0.317 e. The normalized spacial score (nSPS) is 28.1. The number of non-ortho nitro benzene ring substituents is 1. The molecular formula is C11H12N2O9. The van der Waals surface area contributed by atoms with E-state index in [2.05, 4.69) is 0 Å². The van der Waals surface area contributed by atoms with Crippen LogP contribution in [0.4, 0.5) is 11.4 Å². The predicted molar refractivity (Wildman–Crippen MR) is 68.1 cm³/mol. The van der Waals surface area contributed by atoms with E-state index < -0.39 is 45.8 Å². The molecule has 1 aliphatic rings. The minimum absolute atomic E-state index is 0.344. The highest BCUT2D eigenvalue weighted by Gasteiger charge is 2.40. The van der Waals surface area contributed by atoms with Crippen molar-refractivity contribution >= 4 is 11.4 Å². The van der Waals surface area contributed by atoms with E-state index >= 15 is 0 Å². The third kappa shape index (κ3) is 3.12. The highest BCUT2D eigenvalue weighted by atomic mass is 16.7. The van der Waals surface area contributed by atoms with Crippen molar-refractivity contribution in [3.8, 4) is 5.75 Å². The van der Waals surface area contributed by atoms with Crippen molar-refractivity contribution in [1.82, 2.24) is 0 Å². The fraction of sp³-hybridized carbons (Fsp3) is 0.455. The predicted octanol–water partition coefficient (Wildman–Crippen LogP) is -0.679. The summed E-state index contributed by atoms with van der Waals surface area (Å²) in [5, 5.41) is 50.1. The van der Waals surface area contributed by atoms with Gasteiger partial charge >= 0.3 is 5.69 Å². The highest BCUT2D eigenvalue weighted by molar-refractivity contribution is 5.53. The molecule has 1 fully saturated rings. The van der Waals surface area contributed by atoms with Crippen molar-refractivity contribution in [2.45, 2.75) is 24.6 Å². The first kappa shape index (κ1) is 16.0. The number of ether oxygens (including phenoxy) is 2. The maximum atomic E-state index is 10.9. The van der Waals surface area contributed by atoms with Crippen LogP contribution in [0.25, 0.3) is 0 Å². The van der Waals surface area contributed by atoms with E-state index in [-0.39, 0.29) is 12.4 Å². The molecule has 11 nitrogen and oxygen atoms in total. The maximum absolute atomic E-state index is 10.9. The van der Waals surface area contributed by atoms with Gasteiger partial charge in [0.2, 0.25) is 12.0 Å². The van der Waals surface area contributed by atoms with Crippen LogP contribution in [0.1, 0.15) is 0 Å². The molecule has 0 aromatic heterocycles. The van der Waals surface area contributed by atoms with Gasteiger partial charge in [0.25, 0.3) is 5.69 Å². The van der Waals surface area contributed by atoms with Gasteiger partial charge < -0.3 is 24.8 Å². The topological polar surface area (TPSA) is 165 Å². The summed E-state index contributed by atoms with van der Waals surface area (Å²) < 4.78 is 10.1. The summed E-state index contributed by atoms with van der Waals surface area (Å²) in [5.74, 6) is -0.372. The van der Waals surface area contributed by atoms with Crippen molar-refractivity contribution < 1.29 is 34.6 Å². The molecule has 0 bridgehead atoms. The molecule has 1 heterocycles. The molecule has 0 saturated carbocycles. The molecule has 3 N–H and O–H groups in total. The van der Waals surface area contributed by atoms with E-state index in [9.17, 15) is 35.5 Å². The van der Waals surface area contributed by atoms with Crippen molar-refractivity contribution in [3.63, 3.8) is 0 Å². The SMILES string of the molecule is O=[N+]([O-])c1ccc(O[C@@H]2OC[C@H](O)[C@H](O)[C@H]2O)c([N+](=O)[O-])c1. The van der Waals surface area contributed by atoms with Gasteiger partial charge in [-0.15, -0.1) is 0 Å². The molecule has 4 atom stereocenters. The van der Waals surface area contributed by atoms with Gasteiger partial charge in [-0.05, 0) is 6.07 Å².